The molecule has 21 heavy (non-hydrogen) atoms. The summed E-state index contributed by atoms with van der Waals surface area (Å²) >= 11 is 13.3. The van der Waals surface area contributed by atoms with Crippen LogP contribution in [0.2, 0.25) is 10.0 Å². The lowest BCUT2D eigenvalue weighted by Gasteiger charge is -2.06. The highest BCUT2D eigenvalue weighted by Gasteiger charge is 2.05. The minimum Gasteiger partial charge on any atom is -0.310 e. The summed E-state index contributed by atoms with van der Waals surface area (Å²) in [5.74, 6) is 1.56. The normalized spacial score (nSPS) is 10.4. The molecule has 1 heterocycles. The number of nitrogens with zero attached hydrogens (tertiary/aromatic N) is 1. The highest BCUT2D eigenvalue weighted by Crippen LogP contribution is 2.24. The molecule has 0 fully saturated rings. The number of aryl methyl sites for hydroxylation is 1. The van der Waals surface area contributed by atoms with E-state index in [1.54, 1.807) is 12.1 Å². The fourth-order valence-corrected chi connectivity index (χ4v) is 2.78. The van der Waals surface area contributed by atoms with Gasteiger partial charge in [0, 0.05) is 11.4 Å². The van der Waals surface area contributed by atoms with Crippen LogP contribution in [0.1, 0.15) is 11.3 Å². The van der Waals surface area contributed by atoms with Crippen LogP contribution in [0, 0.1) is 6.92 Å². The Bertz CT molecular complexity index is 649. The van der Waals surface area contributed by atoms with E-state index in [2.05, 4.69) is 10.3 Å². The van der Waals surface area contributed by atoms with Gasteiger partial charge in [0.05, 0.1) is 15.8 Å². The van der Waals surface area contributed by atoms with E-state index in [1.165, 1.54) is 11.8 Å². The van der Waals surface area contributed by atoms with Gasteiger partial charge in [-0.25, -0.2) is 4.98 Å². The average Bonchev–Trinajstić information content (AvgIpc) is 2.43. The maximum Gasteiger partial charge on any atom is 0.235 e. The van der Waals surface area contributed by atoms with Gasteiger partial charge in [-0.3, -0.25) is 4.79 Å². The number of carbonyl (C=O) groups is 1. The number of hydrogen-bond donors (Lipinski definition) is 1. The summed E-state index contributed by atoms with van der Waals surface area (Å²) in [5, 5.41) is 3.84. The number of hydrogen-bond acceptors (Lipinski definition) is 3. The predicted molar refractivity (Wildman–Crippen MR) is 90.2 cm³/mol. The molecule has 0 spiro atoms. The van der Waals surface area contributed by atoms with E-state index in [0.29, 0.717) is 27.4 Å². The van der Waals surface area contributed by atoms with Gasteiger partial charge in [0.1, 0.15) is 5.82 Å². The lowest BCUT2D eigenvalue weighted by atomic mass is 10.2. The number of benzene rings is 1. The molecule has 0 aliphatic carbocycles. The lowest BCUT2D eigenvalue weighted by molar-refractivity contribution is -0.113. The molecule has 2 aromatic rings. The molecule has 0 aliphatic heterocycles. The van der Waals surface area contributed by atoms with Crippen molar-refractivity contribution in [3.63, 3.8) is 0 Å². The van der Waals surface area contributed by atoms with Gasteiger partial charge in [0.2, 0.25) is 5.91 Å². The molecule has 1 amide bonds. The van der Waals surface area contributed by atoms with Crippen LogP contribution in [0.5, 0.6) is 0 Å². The first kappa shape index (κ1) is 16.1. The third kappa shape index (κ3) is 5.23. The molecule has 1 aromatic heterocycles. The Hall–Kier alpha value is -1.23. The van der Waals surface area contributed by atoms with Crippen LogP contribution in [-0.2, 0) is 10.5 Å². The number of nitrogens with one attached hydrogen (secondary N) is 1. The first-order valence-electron chi connectivity index (χ1n) is 6.30. The number of amides is 1. The fourth-order valence-electron chi connectivity index (χ4n) is 1.68. The van der Waals surface area contributed by atoms with Crippen molar-refractivity contribution in [2.24, 2.45) is 0 Å². The summed E-state index contributed by atoms with van der Waals surface area (Å²) in [6.45, 7) is 1.88. The van der Waals surface area contributed by atoms with E-state index in [0.717, 1.165) is 11.3 Å². The zero-order valence-electron chi connectivity index (χ0n) is 11.4. The van der Waals surface area contributed by atoms with E-state index in [1.807, 2.05) is 31.2 Å². The number of thioether (sulfide) groups is 1. The van der Waals surface area contributed by atoms with Gasteiger partial charge in [-0.15, -0.1) is 11.8 Å². The van der Waals surface area contributed by atoms with E-state index >= 15 is 0 Å². The summed E-state index contributed by atoms with van der Waals surface area (Å²) in [6.07, 6.45) is 0. The third-order valence-corrected chi connectivity index (χ3v) is 4.38. The van der Waals surface area contributed by atoms with E-state index in [-0.39, 0.29) is 5.91 Å². The van der Waals surface area contributed by atoms with Gasteiger partial charge < -0.3 is 5.32 Å². The second-order valence-electron chi connectivity index (χ2n) is 4.45. The molecular weight excluding hydrogens is 327 g/mol. The van der Waals surface area contributed by atoms with Crippen molar-refractivity contribution in [1.82, 2.24) is 4.98 Å². The number of aromatic nitrogens is 1. The molecular formula is C15H14Cl2N2OS. The number of pyridine rings is 1. The van der Waals surface area contributed by atoms with Gasteiger partial charge >= 0.3 is 0 Å². The molecule has 0 bridgehead atoms. The van der Waals surface area contributed by atoms with Gasteiger partial charge in [-0.05, 0) is 36.8 Å². The van der Waals surface area contributed by atoms with Crippen LogP contribution in [0.3, 0.4) is 0 Å². The molecule has 0 saturated carbocycles. The third-order valence-electron chi connectivity index (χ3n) is 2.64. The molecule has 6 heteroatoms. The van der Waals surface area contributed by atoms with Crippen LogP contribution in [0.4, 0.5) is 5.82 Å². The molecule has 0 radical (unpaired) electrons. The molecule has 1 aromatic carbocycles. The van der Waals surface area contributed by atoms with Gasteiger partial charge in [0.25, 0.3) is 0 Å². The standard InChI is InChI=1S/C15H14Cl2N2OS/c1-10-3-2-4-14(18-10)19-15(20)9-21-8-11-5-6-12(16)13(17)7-11/h2-7H,8-9H2,1H3,(H,18,19,20). The van der Waals surface area contributed by atoms with Crippen molar-refractivity contribution in [2.75, 3.05) is 11.1 Å². The summed E-state index contributed by atoms with van der Waals surface area (Å²) in [6, 6.07) is 11.0. The number of rotatable bonds is 5. The Kier molecular flexibility index (Phi) is 5.91. The Balaban J connectivity index is 1.80. The predicted octanol–water partition coefficient (Wildman–Crippen LogP) is 4.57. The maximum absolute atomic E-state index is 11.8. The molecule has 0 aliphatic rings. The SMILES string of the molecule is Cc1cccc(NC(=O)CSCc2ccc(Cl)c(Cl)c2)n1. The van der Waals surface area contributed by atoms with Crippen LogP contribution >= 0.6 is 35.0 Å². The Morgan fingerprint density at radius 3 is 2.76 bits per heavy atom. The van der Waals surface area contributed by atoms with Crippen LogP contribution in [-0.4, -0.2) is 16.6 Å². The Morgan fingerprint density at radius 2 is 2.05 bits per heavy atom. The molecule has 3 nitrogen and oxygen atoms in total. The molecule has 0 unspecified atom stereocenters. The van der Waals surface area contributed by atoms with Crippen molar-refractivity contribution in [3.05, 3.63) is 57.7 Å². The van der Waals surface area contributed by atoms with Crippen LogP contribution in [0.15, 0.2) is 36.4 Å². The molecule has 0 saturated heterocycles. The van der Waals surface area contributed by atoms with Crippen molar-refractivity contribution in [2.45, 2.75) is 12.7 Å². The Labute approximate surface area is 138 Å². The van der Waals surface area contributed by atoms with Crippen LogP contribution < -0.4 is 5.32 Å². The first-order valence-corrected chi connectivity index (χ1v) is 8.21. The van der Waals surface area contributed by atoms with Crippen molar-refractivity contribution < 1.29 is 4.79 Å². The van der Waals surface area contributed by atoms with Gasteiger partial charge in [0.15, 0.2) is 0 Å². The first-order chi connectivity index (χ1) is 10.0. The summed E-state index contributed by atoms with van der Waals surface area (Å²) in [4.78, 5) is 16.0. The maximum atomic E-state index is 11.8. The summed E-state index contributed by atoms with van der Waals surface area (Å²) in [5.41, 5.74) is 1.91. The van der Waals surface area contributed by atoms with Gasteiger partial charge in [-0.1, -0.05) is 35.3 Å². The zero-order valence-corrected chi connectivity index (χ0v) is 13.7. The number of anilines is 1. The van der Waals surface area contributed by atoms with E-state index in [4.69, 9.17) is 23.2 Å². The topological polar surface area (TPSA) is 42.0 Å². The van der Waals surface area contributed by atoms with Gasteiger partial charge in [-0.2, -0.15) is 0 Å². The lowest BCUT2D eigenvalue weighted by Crippen LogP contribution is -2.15. The summed E-state index contributed by atoms with van der Waals surface area (Å²) < 4.78 is 0. The average molecular weight is 341 g/mol. The number of halogens is 2. The molecule has 1 N–H and O–H groups in total. The molecule has 0 atom stereocenters. The smallest absolute Gasteiger partial charge is 0.235 e. The summed E-state index contributed by atoms with van der Waals surface area (Å²) in [7, 11) is 0. The quantitative estimate of drug-likeness (QED) is 0.866. The van der Waals surface area contributed by atoms with E-state index < -0.39 is 0 Å². The molecule has 2 rings (SSSR count). The largest absolute Gasteiger partial charge is 0.310 e. The second-order valence-corrected chi connectivity index (χ2v) is 6.25. The Morgan fingerprint density at radius 1 is 1.24 bits per heavy atom. The highest BCUT2D eigenvalue weighted by atomic mass is 35.5. The van der Waals surface area contributed by atoms with E-state index in [9.17, 15) is 4.79 Å². The van der Waals surface area contributed by atoms with Crippen LogP contribution in [0.25, 0.3) is 0 Å². The van der Waals surface area contributed by atoms with Crippen molar-refractivity contribution >= 4 is 46.7 Å². The second kappa shape index (κ2) is 7.69. The fraction of sp³-hybridized carbons (Fsp3) is 0.200. The number of carbonyl (C=O) groups excluding carboxylic acids is 1. The highest BCUT2D eigenvalue weighted by molar-refractivity contribution is 7.99. The van der Waals surface area contributed by atoms with Crippen molar-refractivity contribution in [1.29, 1.82) is 0 Å². The zero-order chi connectivity index (χ0) is 15.2. The minimum absolute atomic E-state index is 0.0711. The van der Waals surface area contributed by atoms with Crippen molar-refractivity contribution in [3.8, 4) is 0 Å². The molecule has 110 valence electrons. The minimum atomic E-state index is -0.0711. The monoisotopic (exact) mass is 340 g/mol.